The van der Waals surface area contributed by atoms with Crippen molar-refractivity contribution in [2.45, 2.75) is 43.7 Å². The van der Waals surface area contributed by atoms with E-state index in [-0.39, 0.29) is 23.6 Å². The first kappa shape index (κ1) is 21.2. The number of nitrogens with two attached hydrogens (primary N) is 1. The third-order valence-corrected chi connectivity index (χ3v) is 6.24. The maximum Gasteiger partial charge on any atom is 0.325 e. The molecule has 10 heteroatoms. The summed E-state index contributed by atoms with van der Waals surface area (Å²) in [5, 5.41) is 21.9. The highest BCUT2D eigenvalue weighted by Gasteiger charge is 2.37. The first-order valence-electron chi connectivity index (χ1n) is 10.1. The minimum atomic E-state index is -1.01. The standard InChI is InChI=1S/C21H23ClN6O3/c22-15-3-1-2-14(10-15)21(13-23)8-6-16(7-9-21)28-19(29)5-4-17(25-28)18-11-27(26-24-18)12-20(30)31/h1-5,10-11,16H,6-9,12-13,23H2,(H,30,31)/t16-,21-. The fourth-order valence-corrected chi connectivity index (χ4v) is 4.47. The molecule has 2 heterocycles. The Balaban J connectivity index is 1.56. The summed E-state index contributed by atoms with van der Waals surface area (Å²) in [6.45, 7) is 0.217. The molecular formula is C21H23ClN6O3. The van der Waals surface area contributed by atoms with Crippen LogP contribution in [0.5, 0.6) is 0 Å². The van der Waals surface area contributed by atoms with Crippen molar-refractivity contribution in [1.82, 2.24) is 24.8 Å². The zero-order valence-electron chi connectivity index (χ0n) is 16.8. The van der Waals surface area contributed by atoms with Gasteiger partial charge < -0.3 is 10.8 Å². The van der Waals surface area contributed by atoms with Crippen molar-refractivity contribution in [3.8, 4) is 11.4 Å². The number of carbonyl (C=O) groups is 1. The maximum absolute atomic E-state index is 12.5. The van der Waals surface area contributed by atoms with E-state index in [4.69, 9.17) is 22.4 Å². The number of hydrogen-bond donors (Lipinski definition) is 2. The monoisotopic (exact) mass is 442 g/mol. The molecule has 0 unspecified atom stereocenters. The Morgan fingerprint density at radius 2 is 2.00 bits per heavy atom. The molecule has 1 saturated carbocycles. The van der Waals surface area contributed by atoms with E-state index in [2.05, 4.69) is 21.5 Å². The van der Waals surface area contributed by atoms with Crippen LogP contribution in [0.1, 0.15) is 37.3 Å². The van der Waals surface area contributed by atoms with Crippen molar-refractivity contribution in [2.24, 2.45) is 5.73 Å². The Labute approximate surface area is 183 Å². The minimum Gasteiger partial charge on any atom is -0.480 e. The fraction of sp³-hybridized carbons (Fsp3) is 0.381. The van der Waals surface area contributed by atoms with Crippen molar-refractivity contribution < 1.29 is 9.90 Å². The van der Waals surface area contributed by atoms with Gasteiger partial charge in [-0.15, -0.1) is 5.10 Å². The smallest absolute Gasteiger partial charge is 0.325 e. The van der Waals surface area contributed by atoms with Crippen LogP contribution in [0.2, 0.25) is 5.02 Å². The van der Waals surface area contributed by atoms with Gasteiger partial charge in [-0.3, -0.25) is 9.59 Å². The molecule has 0 radical (unpaired) electrons. The van der Waals surface area contributed by atoms with Gasteiger partial charge in [0.05, 0.1) is 12.2 Å². The lowest BCUT2D eigenvalue weighted by molar-refractivity contribution is -0.137. The largest absolute Gasteiger partial charge is 0.480 e. The lowest BCUT2D eigenvalue weighted by Gasteiger charge is -2.40. The highest BCUT2D eigenvalue weighted by Crippen LogP contribution is 2.42. The van der Waals surface area contributed by atoms with Crippen LogP contribution in [0, 0.1) is 0 Å². The van der Waals surface area contributed by atoms with Gasteiger partial charge in [0.2, 0.25) is 0 Å². The summed E-state index contributed by atoms with van der Waals surface area (Å²) in [6, 6.07) is 10.8. The summed E-state index contributed by atoms with van der Waals surface area (Å²) >= 11 is 6.19. The predicted octanol–water partition coefficient (Wildman–Crippen LogP) is 2.25. The molecule has 4 rings (SSSR count). The average molecular weight is 443 g/mol. The highest BCUT2D eigenvalue weighted by molar-refractivity contribution is 6.30. The van der Waals surface area contributed by atoms with Crippen LogP contribution in [-0.4, -0.2) is 42.4 Å². The summed E-state index contributed by atoms with van der Waals surface area (Å²) in [5.41, 5.74) is 7.86. The lowest BCUT2D eigenvalue weighted by atomic mass is 9.68. The van der Waals surface area contributed by atoms with Crippen LogP contribution in [0.25, 0.3) is 11.4 Å². The topological polar surface area (TPSA) is 129 Å². The lowest BCUT2D eigenvalue weighted by Crippen LogP contribution is -2.41. The van der Waals surface area contributed by atoms with Crippen LogP contribution < -0.4 is 11.3 Å². The predicted molar refractivity (Wildman–Crippen MR) is 115 cm³/mol. The van der Waals surface area contributed by atoms with Crippen LogP contribution in [0.3, 0.4) is 0 Å². The molecule has 1 aromatic carbocycles. The van der Waals surface area contributed by atoms with E-state index in [0.717, 1.165) is 31.2 Å². The third kappa shape index (κ3) is 4.38. The summed E-state index contributed by atoms with van der Waals surface area (Å²) in [4.78, 5) is 23.4. The van der Waals surface area contributed by atoms with E-state index in [1.807, 2.05) is 18.2 Å². The van der Waals surface area contributed by atoms with E-state index in [9.17, 15) is 9.59 Å². The third-order valence-electron chi connectivity index (χ3n) is 6.01. The normalized spacial score (nSPS) is 21.2. The molecular weight excluding hydrogens is 420 g/mol. The van der Waals surface area contributed by atoms with Crippen LogP contribution >= 0.6 is 11.6 Å². The van der Waals surface area contributed by atoms with E-state index in [0.29, 0.717) is 23.0 Å². The second-order valence-electron chi connectivity index (χ2n) is 7.92. The molecule has 1 fully saturated rings. The molecule has 3 N–H and O–H groups in total. The van der Waals surface area contributed by atoms with Crippen molar-refractivity contribution in [3.05, 3.63) is 63.5 Å². The van der Waals surface area contributed by atoms with E-state index < -0.39 is 5.97 Å². The van der Waals surface area contributed by atoms with Crippen molar-refractivity contribution >= 4 is 17.6 Å². The Bertz CT molecular complexity index is 1150. The second-order valence-corrected chi connectivity index (χ2v) is 8.36. The Morgan fingerprint density at radius 1 is 1.23 bits per heavy atom. The van der Waals surface area contributed by atoms with E-state index in [1.165, 1.54) is 21.6 Å². The number of aromatic nitrogens is 5. The molecule has 0 aliphatic heterocycles. The molecule has 1 aliphatic carbocycles. The number of nitrogens with zero attached hydrogens (tertiary/aromatic N) is 5. The minimum absolute atomic E-state index is 0.0552. The van der Waals surface area contributed by atoms with E-state index >= 15 is 0 Å². The van der Waals surface area contributed by atoms with Gasteiger partial charge in [-0.05, 0) is 49.4 Å². The van der Waals surface area contributed by atoms with Gasteiger partial charge in [0.25, 0.3) is 5.56 Å². The second kappa shape index (κ2) is 8.60. The van der Waals surface area contributed by atoms with E-state index in [1.54, 1.807) is 6.07 Å². The fourth-order valence-electron chi connectivity index (χ4n) is 4.28. The van der Waals surface area contributed by atoms with Gasteiger partial charge in [0.1, 0.15) is 17.9 Å². The van der Waals surface area contributed by atoms with Gasteiger partial charge in [-0.1, -0.05) is 28.9 Å². The molecule has 162 valence electrons. The van der Waals surface area contributed by atoms with Gasteiger partial charge in [-0.25, -0.2) is 9.36 Å². The zero-order valence-corrected chi connectivity index (χ0v) is 17.6. The molecule has 9 nitrogen and oxygen atoms in total. The molecule has 31 heavy (non-hydrogen) atoms. The number of halogens is 1. The molecule has 0 bridgehead atoms. The quantitative estimate of drug-likeness (QED) is 0.598. The molecule has 0 amide bonds. The summed E-state index contributed by atoms with van der Waals surface area (Å²) in [7, 11) is 0. The molecule has 3 aromatic rings. The van der Waals surface area contributed by atoms with Crippen LogP contribution in [0.15, 0.2) is 47.4 Å². The van der Waals surface area contributed by atoms with Gasteiger partial charge in [-0.2, -0.15) is 5.10 Å². The van der Waals surface area contributed by atoms with Crippen molar-refractivity contribution in [2.75, 3.05) is 6.54 Å². The Kier molecular flexibility index (Phi) is 5.88. The number of carboxylic acid groups (broad SMARTS) is 1. The maximum atomic E-state index is 12.5. The Hall–Kier alpha value is -3.04. The van der Waals surface area contributed by atoms with Gasteiger partial charge in [0.15, 0.2) is 0 Å². The molecule has 2 aromatic heterocycles. The average Bonchev–Trinajstić information content (AvgIpc) is 3.22. The van der Waals surface area contributed by atoms with Gasteiger partial charge >= 0.3 is 5.97 Å². The van der Waals surface area contributed by atoms with Crippen molar-refractivity contribution in [1.29, 1.82) is 0 Å². The summed E-state index contributed by atoms with van der Waals surface area (Å²) < 4.78 is 2.72. The first-order valence-corrected chi connectivity index (χ1v) is 10.5. The molecule has 0 spiro atoms. The first-order chi connectivity index (χ1) is 14.9. The van der Waals surface area contributed by atoms with Crippen LogP contribution in [-0.2, 0) is 16.8 Å². The SMILES string of the molecule is NC[C@]1(c2cccc(Cl)c2)CC[C@H](n2nc(-c3cn(CC(=O)O)nn3)ccc2=O)CC1. The number of rotatable bonds is 6. The number of benzene rings is 1. The summed E-state index contributed by atoms with van der Waals surface area (Å²) in [6.07, 6.45) is 4.66. The van der Waals surface area contributed by atoms with Crippen molar-refractivity contribution in [3.63, 3.8) is 0 Å². The summed E-state index contributed by atoms with van der Waals surface area (Å²) in [5.74, 6) is -1.01. The Morgan fingerprint density at radius 3 is 2.68 bits per heavy atom. The molecule has 0 saturated heterocycles. The zero-order chi connectivity index (χ0) is 22.0. The molecule has 0 atom stereocenters. The van der Waals surface area contributed by atoms with Crippen LogP contribution in [0.4, 0.5) is 0 Å². The number of carboxylic acids is 1. The van der Waals surface area contributed by atoms with Gasteiger partial charge in [0, 0.05) is 23.0 Å². The highest BCUT2D eigenvalue weighted by atomic mass is 35.5. The number of aliphatic carboxylic acids is 1. The molecule has 1 aliphatic rings. The number of hydrogen-bond acceptors (Lipinski definition) is 6.